The summed E-state index contributed by atoms with van der Waals surface area (Å²) < 4.78 is 0. The zero-order valence-corrected chi connectivity index (χ0v) is 9.59. The molecule has 1 aromatic rings. The highest BCUT2D eigenvalue weighted by Crippen LogP contribution is 2.02. The summed E-state index contributed by atoms with van der Waals surface area (Å²) in [5.74, 6) is -1.52. The van der Waals surface area contributed by atoms with Crippen LogP contribution < -0.4 is 5.32 Å². The number of aliphatic carboxylic acids is 1. The number of hydrogen-bond donors (Lipinski definition) is 2. The van der Waals surface area contributed by atoms with Gasteiger partial charge in [-0.25, -0.2) is 4.79 Å². The largest absolute Gasteiger partial charge is 0.478 e. The minimum Gasteiger partial charge on any atom is -0.478 e. The van der Waals surface area contributed by atoms with Crippen molar-refractivity contribution >= 4 is 11.9 Å². The van der Waals surface area contributed by atoms with Crippen molar-refractivity contribution in [3.8, 4) is 0 Å². The summed E-state index contributed by atoms with van der Waals surface area (Å²) in [5.41, 5.74) is 1.13. The summed E-state index contributed by atoms with van der Waals surface area (Å²) in [6, 6.07) is 9.74. The van der Waals surface area contributed by atoms with Gasteiger partial charge in [-0.3, -0.25) is 4.79 Å². The van der Waals surface area contributed by atoms with Crippen LogP contribution in [0.25, 0.3) is 0 Å². The van der Waals surface area contributed by atoms with Crippen LogP contribution in [0.3, 0.4) is 0 Å². The number of rotatable bonds is 5. The Hall–Kier alpha value is -2.10. The van der Waals surface area contributed by atoms with Crippen LogP contribution in [0.15, 0.2) is 42.5 Å². The molecule has 0 aliphatic rings. The van der Waals surface area contributed by atoms with Crippen molar-refractivity contribution in [3.63, 3.8) is 0 Å². The maximum Gasteiger partial charge on any atom is 0.328 e. The normalized spacial score (nSPS) is 12.3. The zero-order chi connectivity index (χ0) is 12.7. The van der Waals surface area contributed by atoms with Crippen LogP contribution in [0, 0.1) is 0 Å². The van der Waals surface area contributed by atoms with Crippen molar-refractivity contribution in [2.75, 3.05) is 0 Å². The summed E-state index contributed by atoms with van der Waals surface area (Å²) >= 11 is 0. The molecule has 4 heteroatoms. The molecule has 1 atom stereocenters. The molecule has 0 heterocycles. The first-order chi connectivity index (χ1) is 8.08. The van der Waals surface area contributed by atoms with E-state index in [-0.39, 0.29) is 6.04 Å². The molecule has 0 fully saturated rings. The average Bonchev–Trinajstić information content (AvgIpc) is 2.27. The number of benzene rings is 1. The molecule has 2 N–H and O–H groups in total. The second kappa shape index (κ2) is 6.48. The fourth-order valence-electron chi connectivity index (χ4n) is 1.46. The Morgan fingerprint density at radius 3 is 2.53 bits per heavy atom. The van der Waals surface area contributed by atoms with Gasteiger partial charge in [-0.1, -0.05) is 30.3 Å². The van der Waals surface area contributed by atoms with Gasteiger partial charge in [-0.15, -0.1) is 0 Å². The van der Waals surface area contributed by atoms with Gasteiger partial charge in [-0.2, -0.15) is 0 Å². The average molecular weight is 233 g/mol. The summed E-state index contributed by atoms with van der Waals surface area (Å²) in [4.78, 5) is 21.5. The van der Waals surface area contributed by atoms with E-state index in [1.807, 2.05) is 37.3 Å². The highest BCUT2D eigenvalue weighted by Gasteiger charge is 2.05. The van der Waals surface area contributed by atoms with Crippen molar-refractivity contribution in [2.45, 2.75) is 19.4 Å². The third-order valence-corrected chi connectivity index (χ3v) is 2.15. The summed E-state index contributed by atoms with van der Waals surface area (Å²) in [6.45, 7) is 1.87. The van der Waals surface area contributed by atoms with Crippen molar-refractivity contribution < 1.29 is 14.7 Å². The van der Waals surface area contributed by atoms with Crippen LogP contribution in [-0.2, 0) is 16.0 Å². The second-order valence-corrected chi connectivity index (χ2v) is 3.77. The first kappa shape index (κ1) is 13.0. The van der Waals surface area contributed by atoms with Gasteiger partial charge >= 0.3 is 5.97 Å². The molecule has 0 aromatic heterocycles. The van der Waals surface area contributed by atoms with Crippen molar-refractivity contribution in [1.82, 2.24) is 5.32 Å². The lowest BCUT2D eigenvalue weighted by Gasteiger charge is -2.12. The number of nitrogens with one attached hydrogen (secondary N) is 1. The van der Waals surface area contributed by atoms with Crippen molar-refractivity contribution in [3.05, 3.63) is 48.0 Å². The molecule has 4 nitrogen and oxygen atoms in total. The van der Waals surface area contributed by atoms with Gasteiger partial charge in [0.2, 0.25) is 5.91 Å². The molecule has 0 radical (unpaired) electrons. The van der Waals surface area contributed by atoms with Gasteiger partial charge in [0.05, 0.1) is 0 Å². The molecule has 0 bridgehead atoms. The Bertz CT molecular complexity index is 412. The van der Waals surface area contributed by atoms with Gasteiger partial charge in [0.1, 0.15) is 0 Å². The van der Waals surface area contributed by atoms with Gasteiger partial charge in [-0.05, 0) is 18.9 Å². The molecule has 0 saturated heterocycles. The first-order valence-corrected chi connectivity index (χ1v) is 5.33. The molecule has 0 aliphatic carbocycles. The molecule has 1 aromatic carbocycles. The molecule has 90 valence electrons. The van der Waals surface area contributed by atoms with E-state index in [4.69, 9.17) is 5.11 Å². The predicted molar refractivity (Wildman–Crippen MR) is 64.5 cm³/mol. The minimum atomic E-state index is -1.13. The number of hydrogen-bond acceptors (Lipinski definition) is 2. The van der Waals surface area contributed by atoms with Crippen molar-refractivity contribution in [1.29, 1.82) is 0 Å². The lowest BCUT2D eigenvalue weighted by atomic mass is 10.1. The van der Waals surface area contributed by atoms with Crippen LogP contribution in [0.1, 0.15) is 12.5 Å². The summed E-state index contributed by atoms with van der Waals surface area (Å²) in [5, 5.41) is 11.1. The van der Waals surface area contributed by atoms with E-state index in [9.17, 15) is 9.59 Å². The second-order valence-electron chi connectivity index (χ2n) is 3.77. The van der Waals surface area contributed by atoms with E-state index in [0.29, 0.717) is 6.42 Å². The lowest BCUT2D eigenvalue weighted by molar-refractivity contribution is -0.131. The monoisotopic (exact) mass is 233 g/mol. The fraction of sp³-hybridized carbons (Fsp3) is 0.231. The van der Waals surface area contributed by atoms with Gasteiger partial charge in [0, 0.05) is 18.2 Å². The van der Waals surface area contributed by atoms with Crippen LogP contribution in [-0.4, -0.2) is 23.0 Å². The standard InChI is InChI=1S/C13H15NO3/c1-10(9-11-5-3-2-4-6-11)14-12(15)7-8-13(16)17/h2-8,10H,9H2,1H3,(H,14,15)(H,16,17)/b8-7-. The fourth-order valence-corrected chi connectivity index (χ4v) is 1.46. The quantitative estimate of drug-likeness (QED) is 0.755. The van der Waals surface area contributed by atoms with Gasteiger partial charge < -0.3 is 10.4 Å². The molecular formula is C13H15NO3. The van der Waals surface area contributed by atoms with Gasteiger partial charge in [0.15, 0.2) is 0 Å². The van der Waals surface area contributed by atoms with Gasteiger partial charge in [0.25, 0.3) is 0 Å². The van der Waals surface area contributed by atoms with E-state index in [2.05, 4.69) is 5.32 Å². The highest BCUT2D eigenvalue weighted by atomic mass is 16.4. The first-order valence-electron chi connectivity index (χ1n) is 5.33. The SMILES string of the molecule is CC(Cc1ccccc1)NC(=O)/C=C\C(=O)O. The Morgan fingerprint density at radius 1 is 1.29 bits per heavy atom. The Kier molecular flexibility index (Phi) is 4.94. The van der Waals surface area contributed by atoms with Crippen LogP contribution in [0.5, 0.6) is 0 Å². The number of carboxylic acid groups (broad SMARTS) is 1. The number of carbonyl (C=O) groups is 2. The third-order valence-electron chi connectivity index (χ3n) is 2.15. The number of carboxylic acids is 1. The smallest absolute Gasteiger partial charge is 0.328 e. The maximum atomic E-state index is 11.3. The Morgan fingerprint density at radius 2 is 1.94 bits per heavy atom. The summed E-state index contributed by atoms with van der Waals surface area (Å²) in [6.07, 6.45) is 2.56. The molecule has 0 saturated carbocycles. The number of amides is 1. The van der Waals surface area contributed by atoms with E-state index >= 15 is 0 Å². The van der Waals surface area contributed by atoms with E-state index < -0.39 is 11.9 Å². The molecule has 17 heavy (non-hydrogen) atoms. The Labute approximate surface area is 100.0 Å². The molecular weight excluding hydrogens is 218 g/mol. The molecule has 0 spiro atoms. The van der Waals surface area contributed by atoms with Crippen LogP contribution >= 0.6 is 0 Å². The van der Waals surface area contributed by atoms with Crippen LogP contribution in [0.2, 0.25) is 0 Å². The Balaban J connectivity index is 2.42. The predicted octanol–water partition coefficient (Wildman–Crippen LogP) is 1.37. The maximum absolute atomic E-state index is 11.3. The van der Waals surface area contributed by atoms with Crippen molar-refractivity contribution in [2.24, 2.45) is 0 Å². The third kappa shape index (κ3) is 5.51. The van der Waals surface area contributed by atoms with E-state index in [1.54, 1.807) is 0 Å². The number of carbonyl (C=O) groups excluding carboxylic acids is 1. The van der Waals surface area contributed by atoms with E-state index in [0.717, 1.165) is 17.7 Å². The molecule has 1 amide bonds. The minimum absolute atomic E-state index is 0.0386. The molecule has 1 rings (SSSR count). The highest BCUT2D eigenvalue weighted by molar-refractivity contribution is 5.93. The lowest BCUT2D eigenvalue weighted by Crippen LogP contribution is -2.32. The molecule has 0 aliphatic heterocycles. The summed E-state index contributed by atoms with van der Waals surface area (Å²) in [7, 11) is 0. The zero-order valence-electron chi connectivity index (χ0n) is 9.59. The van der Waals surface area contributed by atoms with E-state index in [1.165, 1.54) is 0 Å². The molecule has 1 unspecified atom stereocenters. The van der Waals surface area contributed by atoms with Crippen LogP contribution in [0.4, 0.5) is 0 Å². The topological polar surface area (TPSA) is 66.4 Å².